The second kappa shape index (κ2) is 4.14. The van der Waals surface area contributed by atoms with Gasteiger partial charge in [0.05, 0.1) is 5.41 Å². The minimum Gasteiger partial charge on any atom is -0.508 e. The molecule has 1 aromatic rings. The number of phenolic OH excluding ortho intramolecular Hbond substituents is 1. The van der Waals surface area contributed by atoms with Gasteiger partial charge in [0, 0.05) is 13.1 Å². The molecule has 0 bridgehead atoms. The summed E-state index contributed by atoms with van der Waals surface area (Å²) >= 11 is 0. The predicted molar refractivity (Wildman–Crippen MR) is 60.7 cm³/mol. The first-order valence-corrected chi connectivity index (χ1v) is 5.43. The molecule has 16 heavy (non-hydrogen) atoms. The molecule has 1 aliphatic rings. The summed E-state index contributed by atoms with van der Waals surface area (Å²) in [5, 5.41) is 12.0. The van der Waals surface area contributed by atoms with Gasteiger partial charge in [0.25, 0.3) is 0 Å². The maximum absolute atomic E-state index is 11.8. The van der Waals surface area contributed by atoms with Gasteiger partial charge in [0.1, 0.15) is 5.75 Å². The third kappa shape index (κ3) is 2.17. The van der Waals surface area contributed by atoms with Crippen molar-refractivity contribution in [3.63, 3.8) is 0 Å². The van der Waals surface area contributed by atoms with Crippen molar-refractivity contribution >= 4 is 5.91 Å². The van der Waals surface area contributed by atoms with Crippen LogP contribution in [0.15, 0.2) is 24.3 Å². The molecular formula is C12H16N2O2. The maximum Gasteiger partial charge on any atom is 0.227 e. The van der Waals surface area contributed by atoms with Crippen LogP contribution in [0.4, 0.5) is 0 Å². The normalized spacial score (nSPS) is 16.8. The molecule has 86 valence electrons. The predicted octanol–water partition coefficient (Wildman–Crippen LogP) is 0.747. The second-order valence-electron chi connectivity index (χ2n) is 4.33. The highest BCUT2D eigenvalue weighted by atomic mass is 16.3. The minimum absolute atomic E-state index is 0.0445. The van der Waals surface area contributed by atoms with Crippen LogP contribution >= 0.6 is 0 Å². The number of phenols is 1. The molecule has 1 aromatic carbocycles. The Labute approximate surface area is 94.5 Å². The first-order chi connectivity index (χ1) is 7.66. The maximum atomic E-state index is 11.8. The van der Waals surface area contributed by atoms with E-state index in [9.17, 15) is 4.79 Å². The molecule has 0 radical (unpaired) electrons. The van der Waals surface area contributed by atoms with Gasteiger partial charge >= 0.3 is 0 Å². The van der Waals surface area contributed by atoms with E-state index in [1.807, 2.05) is 0 Å². The Balaban J connectivity index is 1.88. The molecule has 1 fully saturated rings. The third-order valence-electron chi connectivity index (χ3n) is 3.12. The molecule has 0 aliphatic heterocycles. The number of nitrogens with one attached hydrogen (secondary N) is 1. The molecule has 0 heterocycles. The largest absolute Gasteiger partial charge is 0.508 e. The zero-order valence-electron chi connectivity index (χ0n) is 9.07. The number of rotatable bonds is 4. The first-order valence-electron chi connectivity index (χ1n) is 5.43. The van der Waals surface area contributed by atoms with Crippen molar-refractivity contribution in [2.75, 3.05) is 6.54 Å². The lowest BCUT2D eigenvalue weighted by molar-refractivity contribution is -0.126. The van der Waals surface area contributed by atoms with Gasteiger partial charge in [-0.1, -0.05) is 12.1 Å². The van der Waals surface area contributed by atoms with Gasteiger partial charge in [-0.3, -0.25) is 4.79 Å². The molecule has 1 aliphatic carbocycles. The quantitative estimate of drug-likeness (QED) is 0.700. The van der Waals surface area contributed by atoms with Gasteiger partial charge < -0.3 is 16.2 Å². The van der Waals surface area contributed by atoms with Crippen LogP contribution < -0.4 is 11.1 Å². The summed E-state index contributed by atoms with van der Waals surface area (Å²) < 4.78 is 0. The minimum atomic E-state index is -0.295. The lowest BCUT2D eigenvalue weighted by Crippen LogP contribution is -2.36. The van der Waals surface area contributed by atoms with Crippen molar-refractivity contribution in [2.45, 2.75) is 19.4 Å². The van der Waals surface area contributed by atoms with Crippen LogP contribution in [0, 0.1) is 5.41 Å². The number of benzene rings is 1. The number of carbonyl (C=O) groups excluding carboxylic acids is 1. The van der Waals surface area contributed by atoms with Crippen LogP contribution in [-0.2, 0) is 11.3 Å². The fourth-order valence-electron chi connectivity index (χ4n) is 1.66. The van der Waals surface area contributed by atoms with E-state index in [0.717, 1.165) is 18.4 Å². The smallest absolute Gasteiger partial charge is 0.227 e. The van der Waals surface area contributed by atoms with E-state index in [0.29, 0.717) is 13.1 Å². The van der Waals surface area contributed by atoms with Gasteiger partial charge in [0.2, 0.25) is 5.91 Å². The molecule has 1 saturated carbocycles. The summed E-state index contributed by atoms with van der Waals surface area (Å²) in [6, 6.07) is 6.80. The molecule has 0 spiro atoms. The summed E-state index contributed by atoms with van der Waals surface area (Å²) in [6.07, 6.45) is 1.79. The Morgan fingerprint density at radius 3 is 2.50 bits per heavy atom. The average molecular weight is 220 g/mol. The van der Waals surface area contributed by atoms with Crippen LogP contribution in [-0.4, -0.2) is 17.6 Å². The number of hydrogen-bond donors (Lipinski definition) is 3. The first kappa shape index (κ1) is 11.0. The SMILES string of the molecule is NCC1(C(=O)NCc2ccc(O)cc2)CC1. The van der Waals surface area contributed by atoms with Gasteiger partial charge in [-0.25, -0.2) is 0 Å². The Morgan fingerprint density at radius 2 is 2.00 bits per heavy atom. The summed E-state index contributed by atoms with van der Waals surface area (Å²) in [5.41, 5.74) is 6.24. The van der Waals surface area contributed by atoms with Gasteiger partial charge in [-0.2, -0.15) is 0 Å². The molecule has 1 amide bonds. The number of nitrogens with two attached hydrogens (primary N) is 1. The lowest BCUT2D eigenvalue weighted by atomic mass is 10.1. The second-order valence-corrected chi connectivity index (χ2v) is 4.33. The summed E-state index contributed by atoms with van der Waals surface area (Å²) in [7, 11) is 0. The average Bonchev–Trinajstić information content (AvgIpc) is 3.09. The van der Waals surface area contributed by atoms with Crippen molar-refractivity contribution in [3.8, 4) is 5.75 Å². The van der Waals surface area contributed by atoms with Crippen LogP contribution in [0.3, 0.4) is 0 Å². The van der Waals surface area contributed by atoms with Crippen molar-refractivity contribution in [1.82, 2.24) is 5.32 Å². The molecule has 0 atom stereocenters. The van der Waals surface area contributed by atoms with Crippen molar-refractivity contribution in [3.05, 3.63) is 29.8 Å². The topological polar surface area (TPSA) is 75.4 Å². The molecule has 0 aromatic heterocycles. The van der Waals surface area contributed by atoms with Crippen LogP contribution in [0.1, 0.15) is 18.4 Å². The molecular weight excluding hydrogens is 204 g/mol. The Hall–Kier alpha value is -1.55. The van der Waals surface area contributed by atoms with E-state index >= 15 is 0 Å². The molecule has 4 heteroatoms. The number of amides is 1. The molecule has 0 unspecified atom stereocenters. The highest BCUT2D eigenvalue weighted by Gasteiger charge is 2.48. The molecule has 4 N–H and O–H groups in total. The Morgan fingerprint density at radius 1 is 1.38 bits per heavy atom. The molecule has 2 rings (SSSR count). The van der Waals surface area contributed by atoms with Crippen molar-refractivity contribution in [1.29, 1.82) is 0 Å². The fraction of sp³-hybridized carbons (Fsp3) is 0.417. The zero-order chi connectivity index (χ0) is 11.6. The third-order valence-corrected chi connectivity index (χ3v) is 3.12. The van der Waals surface area contributed by atoms with Crippen molar-refractivity contribution < 1.29 is 9.90 Å². The van der Waals surface area contributed by atoms with Gasteiger partial charge in [0.15, 0.2) is 0 Å². The standard InChI is InChI=1S/C12H16N2O2/c13-8-12(5-6-12)11(16)14-7-9-1-3-10(15)4-2-9/h1-4,15H,5-8,13H2,(H,14,16). The fourth-order valence-corrected chi connectivity index (χ4v) is 1.66. The number of aromatic hydroxyl groups is 1. The lowest BCUT2D eigenvalue weighted by Gasteiger charge is -2.12. The molecule has 4 nitrogen and oxygen atoms in total. The van der Waals surface area contributed by atoms with Gasteiger partial charge in [-0.05, 0) is 30.5 Å². The van der Waals surface area contributed by atoms with Crippen molar-refractivity contribution in [2.24, 2.45) is 11.1 Å². The van der Waals surface area contributed by atoms with E-state index in [-0.39, 0.29) is 17.1 Å². The zero-order valence-corrected chi connectivity index (χ0v) is 9.07. The van der Waals surface area contributed by atoms with Crippen LogP contribution in [0.2, 0.25) is 0 Å². The Bertz CT molecular complexity index is 383. The van der Waals surface area contributed by atoms with Crippen LogP contribution in [0.25, 0.3) is 0 Å². The van der Waals surface area contributed by atoms with E-state index in [2.05, 4.69) is 5.32 Å². The van der Waals surface area contributed by atoms with E-state index < -0.39 is 0 Å². The van der Waals surface area contributed by atoms with Gasteiger partial charge in [-0.15, -0.1) is 0 Å². The highest BCUT2D eigenvalue weighted by Crippen LogP contribution is 2.44. The molecule has 0 saturated heterocycles. The Kier molecular flexibility index (Phi) is 2.83. The number of hydrogen-bond acceptors (Lipinski definition) is 3. The summed E-state index contributed by atoms with van der Waals surface area (Å²) in [6.45, 7) is 0.912. The van der Waals surface area contributed by atoms with Crippen LogP contribution in [0.5, 0.6) is 5.75 Å². The van der Waals surface area contributed by atoms with E-state index in [1.165, 1.54) is 0 Å². The highest BCUT2D eigenvalue weighted by molar-refractivity contribution is 5.85. The summed E-state index contributed by atoms with van der Waals surface area (Å²) in [4.78, 5) is 11.8. The monoisotopic (exact) mass is 220 g/mol. The number of carbonyl (C=O) groups is 1. The summed E-state index contributed by atoms with van der Waals surface area (Å²) in [5.74, 6) is 0.277. The van der Waals surface area contributed by atoms with E-state index in [1.54, 1.807) is 24.3 Å². The van der Waals surface area contributed by atoms with E-state index in [4.69, 9.17) is 10.8 Å².